The quantitative estimate of drug-likeness (QED) is 0.668. The van der Waals surface area contributed by atoms with Crippen LogP contribution in [-0.4, -0.2) is 0 Å². The first-order chi connectivity index (χ1) is 9.02. The summed E-state index contributed by atoms with van der Waals surface area (Å²) in [6, 6.07) is 9.11. The molecule has 0 spiro atoms. The SMILES string of the molecule is Cc1ccc(C(NN)c2ccc(F)c(F)c2)c(Br)c1. The molecular weight excluding hydrogens is 314 g/mol. The van der Waals surface area contributed by atoms with Crippen LogP contribution in [0.4, 0.5) is 8.78 Å². The summed E-state index contributed by atoms with van der Waals surface area (Å²) in [5.41, 5.74) is 5.14. The molecule has 0 aliphatic rings. The summed E-state index contributed by atoms with van der Waals surface area (Å²) in [4.78, 5) is 0. The highest BCUT2D eigenvalue weighted by molar-refractivity contribution is 9.10. The Labute approximate surface area is 118 Å². The predicted octanol–water partition coefficient (Wildman–Crippen LogP) is 3.59. The zero-order valence-electron chi connectivity index (χ0n) is 10.3. The van der Waals surface area contributed by atoms with Crippen molar-refractivity contribution in [3.8, 4) is 0 Å². The Bertz CT molecular complexity index is 602. The monoisotopic (exact) mass is 326 g/mol. The first-order valence-electron chi connectivity index (χ1n) is 5.70. The minimum Gasteiger partial charge on any atom is -0.271 e. The third kappa shape index (κ3) is 3.00. The molecule has 0 radical (unpaired) electrons. The van der Waals surface area contributed by atoms with E-state index in [0.29, 0.717) is 5.56 Å². The molecule has 3 N–H and O–H groups in total. The van der Waals surface area contributed by atoms with E-state index in [2.05, 4.69) is 21.4 Å². The van der Waals surface area contributed by atoms with Crippen molar-refractivity contribution in [2.45, 2.75) is 13.0 Å². The van der Waals surface area contributed by atoms with Crippen molar-refractivity contribution in [2.24, 2.45) is 5.84 Å². The van der Waals surface area contributed by atoms with E-state index < -0.39 is 17.7 Å². The summed E-state index contributed by atoms with van der Waals surface area (Å²) in [6.07, 6.45) is 0. The molecule has 5 heteroatoms. The highest BCUT2D eigenvalue weighted by Crippen LogP contribution is 2.29. The largest absolute Gasteiger partial charge is 0.271 e. The van der Waals surface area contributed by atoms with Gasteiger partial charge in [-0.25, -0.2) is 14.2 Å². The second-order valence-electron chi connectivity index (χ2n) is 4.30. The molecule has 2 nitrogen and oxygen atoms in total. The first kappa shape index (κ1) is 14.1. The minimum atomic E-state index is -0.888. The van der Waals surface area contributed by atoms with E-state index in [-0.39, 0.29) is 0 Å². The average Bonchev–Trinajstić information content (AvgIpc) is 2.37. The number of hydrogen-bond donors (Lipinski definition) is 2. The van der Waals surface area contributed by atoms with Gasteiger partial charge in [-0.3, -0.25) is 5.84 Å². The molecule has 1 unspecified atom stereocenters. The molecule has 0 fully saturated rings. The lowest BCUT2D eigenvalue weighted by Crippen LogP contribution is -2.29. The molecule has 2 rings (SSSR count). The Hall–Kier alpha value is -1.30. The lowest BCUT2D eigenvalue weighted by atomic mass is 9.98. The first-order valence-corrected chi connectivity index (χ1v) is 6.49. The van der Waals surface area contributed by atoms with E-state index in [1.165, 1.54) is 6.07 Å². The molecule has 0 saturated heterocycles. The van der Waals surface area contributed by atoms with Crippen molar-refractivity contribution < 1.29 is 8.78 Å². The lowest BCUT2D eigenvalue weighted by Gasteiger charge is -2.19. The Kier molecular flexibility index (Phi) is 4.29. The number of hydrogen-bond acceptors (Lipinski definition) is 2. The third-order valence-corrected chi connectivity index (χ3v) is 3.60. The summed E-state index contributed by atoms with van der Waals surface area (Å²) in [5, 5.41) is 0. The molecule has 0 heterocycles. The van der Waals surface area contributed by atoms with Crippen LogP contribution in [0.15, 0.2) is 40.9 Å². The standard InChI is InChI=1S/C14H13BrF2N2/c1-8-2-4-10(11(15)6-8)14(19-18)9-3-5-12(16)13(17)7-9/h2-7,14,19H,18H2,1H3. The van der Waals surface area contributed by atoms with Gasteiger partial charge in [0.1, 0.15) is 0 Å². The topological polar surface area (TPSA) is 38.0 Å². The van der Waals surface area contributed by atoms with Crippen LogP contribution in [0.3, 0.4) is 0 Å². The van der Waals surface area contributed by atoms with Crippen LogP contribution in [0, 0.1) is 18.6 Å². The Morgan fingerprint density at radius 1 is 1.11 bits per heavy atom. The number of aryl methyl sites for hydroxylation is 1. The number of hydrazine groups is 1. The van der Waals surface area contributed by atoms with Crippen LogP contribution in [0.1, 0.15) is 22.7 Å². The van der Waals surface area contributed by atoms with Crippen LogP contribution >= 0.6 is 15.9 Å². The number of rotatable bonds is 3. The molecular formula is C14H13BrF2N2. The van der Waals surface area contributed by atoms with Crippen LogP contribution in [0.2, 0.25) is 0 Å². The van der Waals surface area contributed by atoms with Gasteiger partial charge < -0.3 is 0 Å². The normalized spacial score (nSPS) is 12.5. The van der Waals surface area contributed by atoms with E-state index in [1.807, 2.05) is 25.1 Å². The van der Waals surface area contributed by atoms with Crippen molar-refractivity contribution in [1.29, 1.82) is 0 Å². The Morgan fingerprint density at radius 2 is 1.84 bits per heavy atom. The van der Waals surface area contributed by atoms with Gasteiger partial charge in [-0.2, -0.15) is 0 Å². The smallest absolute Gasteiger partial charge is 0.159 e. The molecule has 2 aromatic rings. The molecule has 0 amide bonds. The van der Waals surface area contributed by atoms with Crippen LogP contribution in [0.25, 0.3) is 0 Å². The lowest BCUT2D eigenvalue weighted by molar-refractivity contribution is 0.504. The second-order valence-corrected chi connectivity index (χ2v) is 5.15. The van der Waals surface area contributed by atoms with Crippen molar-refractivity contribution in [2.75, 3.05) is 0 Å². The van der Waals surface area contributed by atoms with Gasteiger partial charge >= 0.3 is 0 Å². The summed E-state index contributed by atoms with van der Waals surface area (Å²) >= 11 is 3.46. The van der Waals surface area contributed by atoms with E-state index >= 15 is 0 Å². The van der Waals surface area contributed by atoms with Crippen LogP contribution in [0.5, 0.6) is 0 Å². The van der Waals surface area contributed by atoms with E-state index in [0.717, 1.165) is 27.7 Å². The fraction of sp³-hybridized carbons (Fsp3) is 0.143. The number of benzene rings is 2. The van der Waals surface area contributed by atoms with Gasteiger partial charge in [0.25, 0.3) is 0 Å². The molecule has 1 atom stereocenters. The van der Waals surface area contributed by atoms with Gasteiger partial charge in [-0.15, -0.1) is 0 Å². The van der Waals surface area contributed by atoms with Gasteiger partial charge in [0.05, 0.1) is 6.04 Å². The average molecular weight is 327 g/mol. The van der Waals surface area contributed by atoms with E-state index in [9.17, 15) is 8.78 Å². The summed E-state index contributed by atoms with van der Waals surface area (Å²) in [7, 11) is 0. The molecule has 0 aliphatic carbocycles. The molecule has 0 saturated carbocycles. The number of nitrogens with two attached hydrogens (primary N) is 1. The Balaban J connectivity index is 2.46. The van der Waals surface area contributed by atoms with Crippen molar-refractivity contribution in [3.63, 3.8) is 0 Å². The maximum atomic E-state index is 13.3. The molecule has 19 heavy (non-hydrogen) atoms. The maximum absolute atomic E-state index is 13.3. The predicted molar refractivity (Wildman–Crippen MR) is 74.4 cm³/mol. The summed E-state index contributed by atoms with van der Waals surface area (Å²) in [6.45, 7) is 1.97. The van der Waals surface area contributed by atoms with Crippen LogP contribution in [-0.2, 0) is 0 Å². The Morgan fingerprint density at radius 3 is 2.42 bits per heavy atom. The van der Waals surface area contributed by atoms with Crippen molar-refractivity contribution >= 4 is 15.9 Å². The molecule has 100 valence electrons. The highest BCUT2D eigenvalue weighted by Gasteiger charge is 2.17. The maximum Gasteiger partial charge on any atom is 0.159 e. The molecule has 0 bridgehead atoms. The van der Waals surface area contributed by atoms with Gasteiger partial charge in [-0.1, -0.05) is 34.1 Å². The summed E-state index contributed by atoms with van der Waals surface area (Å²) < 4.78 is 27.1. The van der Waals surface area contributed by atoms with Gasteiger partial charge in [0.2, 0.25) is 0 Å². The van der Waals surface area contributed by atoms with Crippen molar-refractivity contribution in [3.05, 3.63) is 69.2 Å². The minimum absolute atomic E-state index is 0.412. The molecule has 0 aromatic heterocycles. The fourth-order valence-corrected chi connectivity index (χ4v) is 2.65. The van der Waals surface area contributed by atoms with E-state index in [4.69, 9.17) is 5.84 Å². The van der Waals surface area contributed by atoms with Gasteiger partial charge in [0.15, 0.2) is 11.6 Å². The second kappa shape index (κ2) is 5.77. The van der Waals surface area contributed by atoms with Crippen LogP contribution < -0.4 is 11.3 Å². The zero-order valence-corrected chi connectivity index (χ0v) is 11.8. The third-order valence-electron chi connectivity index (χ3n) is 2.91. The van der Waals surface area contributed by atoms with Gasteiger partial charge in [0, 0.05) is 4.47 Å². The number of halogens is 3. The van der Waals surface area contributed by atoms with Crippen molar-refractivity contribution in [1.82, 2.24) is 5.43 Å². The molecule has 0 aliphatic heterocycles. The van der Waals surface area contributed by atoms with E-state index in [1.54, 1.807) is 0 Å². The molecule has 2 aromatic carbocycles. The number of nitrogens with one attached hydrogen (secondary N) is 1. The zero-order chi connectivity index (χ0) is 14.0. The summed E-state index contributed by atoms with van der Waals surface area (Å²) in [5.74, 6) is 3.78. The van der Waals surface area contributed by atoms with Gasteiger partial charge in [-0.05, 0) is 41.8 Å². The highest BCUT2D eigenvalue weighted by atomic mass is 79.9. The fourth-order valence-electron chi connectivity index (χ4n) is 1.92.